The fraction of sp³-hybridized carbons (Fsp3) is 0.875. The number of carbonyl (C=O) groups excluding carboxylic acids is 2. The van der Waals surface area contributed by atoms with Gasteiger partial charge in [0.25, 0.3) is 0 Å². The molecule has 0 aromatic carbocycles. The molecule has 2 aliphatic heterocycles. The maximum absolute atomic E-state index is 12.3. The molecule has 0 aromatic rings. The summed E-state index contributed by atoms with van der Waals surface area (Å²) < 4.78 is 10.6. The molecule has 0 bridgehead atoms. The van der Waals surface area contributed by atoms with E-state index in [1.165, 1.54) is 0 Å². The molecule has 2 N–H and O–H groups in total. The average Bonchev–Trinajstić information content (AvgIpc) is 2.63. The number of hydrazine groups is 2. The maximum Gasteiger partial charge on any atom is 0.237 e. The number of nitrogens with zero attached hydrogens (tertiary/aromatic N) is 2. The number of nitrogens with one attached hydrogen (secondary N) is 2. The lowest BCUT2D eigenvalue weighted by molar-refractivity contribution is -0.137. The van der Waals surface area contributed by atoms with Crippen LogP contribution in [0.1, 0.15) is 25.7 Å². The summed E-state index contributed by atoms with van der Waals surface area (Å²) >= 11 is 0. The predicted octanol–water partition coefficient (Wildman–Crippen LogP) is -0.480. The first-order valence-electron chi connectivity index (χ1n) is 8.99. The van der Waals surface area contributed by atoms with Gasteiger partial charge in [0.2, 0.25) is 11.8 Å². The van der Waals surface area contributed by atoms with E-state index in [0.717, 1.165) is 51.9 Å². The van der Waals surface area contributed by atoms with Gasteiger partial charge in [0.05, 0.1) is 26.4 Å². The van der Waals surface area contributed by atoms with Crippen molar-refractivity contribution in [2.75, 3.05) is 52.6 Å². The van der Waals surface area contributed by atoms with E-state index in [2.05, 4.69) is 10.9 Å². The zero-order valence-electron chi connectivity index (χ0n) is 14.2. The number of hydrogen-bond donors (Lipinski definition) is 2. The van der Waals surface area contributed by atoms with Crippen molar-refractivity contribution in [1.29, 1.82) is 0 Å². The highest BCUT2D eigenvalue weighted by Gasteiger charge is 2.31. The van der Waals surface area contributed by atoms with Crippen molar-refractivity contribution in [3.8, 4) is 0 Å². The molecule has 0 spiro atoms. The first-order valence-corrected chi connectivity index (χ1v) is 8.99. The molecular weight excluding hydrogens is 312 g/mol. The van der Waals surface area contributed by atoms with E-state index < -0.39 is 0 Å². The van der Waals surface area contributed by atoms with Gasteiger partial charge >= 0.3 is 0 Å². The van der Waals surface area contributed by atoms with Crippen LogP contribution in [-0.4, -0.2) is 74.4 Å². The van der Waals surface area contributed by atoms with Gasteiger partial charge in [-0.3, -0.25) is 20.4 Å². The van der Waals surface area contributed by atoms with Crippen LogP contribution >= 0.6 is 0 Å². The Morgan fingerprint density at radius 2 is 1.00 bits per heavy atom. The fourth-order valence-electron chi connectivity index (χ4n) is 3.46. The molecule has 8 heteroatoms. The van der Waals surface area contributed by atoms with E-state index in [4.69, 9.17) is 9.47 Å². The Morgan fingerprint density at radius 3 is 1.33 bits per heavy atom. The summed E-state index contributed by atoms with van der Waals surface area (Å²) in [7, 11) is 0. The summed E-state index contributed by atoms with van der Waals surface area (Å²) in [5, 5.41) is 3.87. The molecule has 1 aliphatic carbocycles. The lowest BCUT2D eigenvalue weighted by Crippen LogP contribution is -2.52. The van der Waals surface area contributed by atoms with Gasteiger partial charge in [-0.15, -0.1) is 0 Å². The van der Waals surface area contributed by atoms with Crippen LogP contribution in [0.4, 0.5) is 0 Å². The monoisotopic (exact) mass is 340 g/mol. The van der Waals surface area contributed by atoms with Crippen molar-refractivity contribution in [3.63, 3.8) is 0 Å². The first-order chi connectivity index (χ1) is 11.7. The van der Waals surface area contributed by atoms with E-state index >= 15 is 0 Å². The molecular formula is C16H28N4O4. The molecule has 8 nitrogen and oxygen atoms in total. The van der Waals surface area contributed by atoms with Crippen LogP contribution in [0.25, 0.3) is 0 Å². The Hall–Kier alpha value is -1.22. The van der Waals surface area contributed by atoms with Crippen LogP contribution in [0.15, 0.2) is 0 Å². The second kappa shape index (κ2) is 8.75. The molecule has 1 saturated carbocycles. The number of rotatable bonds is 4. The standard InChI is InChI=1S/C16H28N4O4/c21-15(17-19-5-9-23-10-6-19)13-1-2-14(4-3-13)16(22)18-20-7-11-24-12-8-20/h13-14H,1-12H2,(H,17,21)(H,18,22). The average molecular weight is 340 g/mol. The number of hydrogen-bond acceptors (Lipinski definition) is 6. The third kappa shape index (κ3) is 4.89. The van der Waals surface area contributed by atoms with E-state index in [-0.39, 0.29) is 23.7 Å². The van der Waals surface area contributed by atoms with Crippen LogP contribution < -0.4 is 10.9 Å². The van der Waals surface area contributed by atoms with Gasteiger partial charge in [-0.1, -0.05) is 0 Å². The Morgan fingerprint density at radius 1 is 0.667 bits per heavy atom. The number of ether oxygens (including phenoxy) is 2. The van der Waals surface area contributed by atoms with Crippen molar-refractivity contribution in [1.82, 2.24) is 20.9 Å². The van der Waals surface area contributed by atoms with Crippen LogP contribution in [0.5, 0.6) is 0 Å². The summed E-state index contributed by atoms with van der Waals surface area (Å²) in [6.45, 7) is 5.60. The van der Waals surface area contributed by atoms with Gasteiger partial charge in [0.1, 0.15) is 0 Å². The topological polar surface area (TPSA) is 83.1 Å². The van der Waals surface area contributed by atoms with Crippen molar-refractivity contribution in [3.05, 3.63) is 0 Å². The molecule has 2 amide bonds. The van der Waals surface area contributed by atoms with Crippen molar-refractivity contribution < 1.29 is 19.1 Å². The van der Waals surface area contributed by atoms with E-state index in [1.54, 1.807) is 0 Å². The molecule has 0 atom stereocenters. The van der Waals surface area contributed by atoms with Crippen LogP contribution in [0, 0.1) is 11.8 Å². The third-order valence-corrected chi connectivity index (χ3v) is 5.03. The summed E-state index contributed by atoms with van der Waals surface area (Å²) in [6, 6.07) is 0. The molecule has 3 fully saturated rings. The Labute approximate surface area is 142 Å². The van der Waals surface area contributed by atoms with Gasteiger partial charge in [0.15, 0.2) is 0 Å². The second-order valence-corrected chi connectivity index (χ2v) is 6.70. The quantitative estimate of drug-likeness (QED) is 0.719. The zero-order valence-corrected chi connectivity index (χ0v) is 14.2. The smallest absolute Gasteiger partial charge is 0.237 e. The minimum absolute atomic E-state index is 0.0141. The lowest BCUT2D eigenvalue weighted by Gasteiger charge is -2.33. The Balaban J connectivity index is 1.38. The summed E-state index contributed by atoms with van der Waals surface area (Å²) in [6.07, 6.45) is 3.10. The third-order valence-electron chi connectivity index (χ3n) is 5.03. The Bertz CT molecular complexity index is 388. The number of morpholine rings is 2. The fourth-order valence-corrected chi connectivity index (χ4v) is 3.46. The molecule has 2 heterocycles. The summed E-state index contributed by atoms with van der Waals surface area (Å²) in [5.74, 6) is 0.202. The summed E-state index contributed by atoms with van der Waals surface area (Å²) in [5.41, 5.74) is 5.98. The normalized spacial score (nSPS) is 29.8. The van der Waals surface area contributed by atoms with Crippen LogP contribution in [0.3, 0.4) is 0 Å². The highest BCUT2D eigenvalue weighted by molar-refractivity contribution is 5.80. The van der Waals surface area contributed by atoms with Gasteiger partial charge in [-0.05, 0) is 25.7 Å². The van der Waals surface area contributed by atoms with Gasteiger partial charge in [-0.2, -0.15) is 0 Å². The molecule has 0 unspecified atom stereocenters. The first kappa shape index (κ1) is 17.6. The van der Waals surface area contributed by atoms with E-state index in [0.29, 0.717) is 26.4 Å². The lowest BCUT2D eigenvalue weighted by atomic mass is 9.81. The highest BCUT2D eigenvalue weighted by Crippen LogP contribution is 2.29. The molecule has 0 radical (unpaired) electrons. The van der Waals surface area contributed by atoms with E-state index in [1.807, 2.05) is 10.0 Å². The van der Waals surface area contributed by atoms with Crippen molar-refractivity contribution in [2.45, 2.75) is 25.7 Å². The number of amides is 2. The van der Waals surface area contributed by atoms with Gasteiger partial charge < -0.3 is 9.47 Å². The molecule has 0 aromatic heterocycles. The highest BCUT2D eigenvalue weighted by atomic mass is 16.5. The summed E-state index contributed by atoms with van der Waals surface area (Å²) in [4.78, 5) is 24.7. The minimum Gasteiger partial charge on any atom is -0.379 e. The Kier molecular flexibility index (Phi) is 6.42. The predicted molar refractivity (Wildman–Crippen MR) is 86.5 cm³/mol. The van der Waals surface area contributed by atoms with Crippen molar-refractivity contribution >= 4 is 11.8 Å². The SMILES string of the molecule is O=C(NN1CCOCC1)C1CCC(C(=O)NN2CCOCC2)CC1. The number of carbonyl (C=O) groups is 2. The van der Waals surface area contributed by atoms with Crippen LogP contribution in [0.2, 0.25) is 0 Å². The molecule has 3 aliphatic rings. The van der Waals surface area contributed by atoms with Crippen LogP contribution in [-0.2, 0) is 19.1 Å². The van der Waals surface area contributed by atoms with Crippen molar-refractivity contribution in [2.24, 2.45) is 11.8 Å². The largest absolute Gasteiger partial charge is 0.379 e. The van der Waals surface area contributed by atoms with Gasteiger partial charge in [0, 0.05) is 38.0 Å². The van der Waals surface area contributed by atoms with E-state index in [9.17, 15) is 9.59 Å². The molecule has 3 rings (SSSR count). The zero-order chi connectivity index (χ0) is 16.8. The molecule has 136 valence electrons. The van der Waals surface area contributed by atoms with Gasteiger partial charge in [-0.25, -0.2) is 10.0 Å². The maximum atomic E-state index is 12.3. The second-order valence-electron chi connectivity index (χ2n) is 6.70. The minimum atomic E-state index is 0.0141. The molecule has 2 saturated heterocycles. The molecule has 24 heavy (non-hydrogen) atoms.